The summed E-state index contributed by atoms with van der Waals surface area (Å²) in [6.07, 6.45) is -5.38. The monoisotopic (exact) mass is 484 g/mol. The summed E-state index contributed by atoms with van der Waals surface area (Å²) in [4.78, 5) is 4.10. The number of hydrogen-bond acceptors (Lipinski definition) is 5. The highest BCUT2D eigenvalue weighted by Crippen LogP contribution is 2.49. The maximum Gasteiger partial charge on any atom is 0.398 e. The number of nitrogens with zero attached hydrogens (tertiary/aromatic N) is 2. The van der Waals surface area contributed by atoms with Gasteiger partial charge >= 0.3 is 6.18 Å². The molecule has 2 aromatic carbocycles. The first-order valence-corrected chi connectivity index (χ1v) is 11.1. The Bertz CT molecular complexity index is 975. The number of para-hydroxylation sites is 2. The normalized spacial score (nSPS) is 18.8. The average molecular weight is 485 g/mol. The highest BCUT2D eigenvalue weighted by Gasteiger charge is 2.56. The van der Waals surface area contributed by atoms with Crippen LogP contribution in [0.5, 0.6) is 11.5 Å². The van der Waals surface area contributed by atoms with Crippen molar-refractivity contribution in [2.75, 3.05) is 51.8 Å². The van der Waals surface area contributed by atoms with Crippen LogP contribution in [-0.4, -0.2) is 68.7 Å². The minimum absolute atomic E-state index is 0.0517. The molecule has 1 heterocycles. The lowest BCUT2D eigenvalue weighted by molar-refractivity contribution is -0.201. The molecule has 0 radical (unpaired) electrons. The topological polar surface area (TPSA) is 45.2 Å². The van der Waals surface area contributed by atoms with Gasteiger partial charge in [-0.25, -0.2) is 4.39 Å². The van der Waals surface area contributed by atoms with Crippen molar-refractivity contribution >= 4 is 5.69 Å². The third-order valence-corrected chi connectivity index (χ3v) is 6.48. The Morgan fingerprint density at radius 3 is 2.12 bits per heavy atom. The van der Waals surface area contributed by atoms with Gasteiger partial charge in [0.05, 0.1) is 30.9 Å². The molecule has 3 rings (SSSR count). The molecule has 2 atom stereocenters. The van der Waals surface area contributed by atoms with Crippen molar-refractivity contribution in [1.29, 1.82) is 0 Å². The molecule has 188 valence electrons. The Balaban J connectivity index is 1.75. The van der Waals surface area contributed by atoms with Crippen molar-refractivity contribution in [3.63, 3.8) is 0 Å². The number of β-amino-alcohol motifs (C(OH)–C–C–N with tert-alkyl or cyclic N) is 1. The number of anilines is 1. The second-order valence-corrected chi connectivity index (χ2v) is 9.28. The lowest BCUT2D eigenvalue weighted by Gasteiger charge is -2.43. The SMILES string of the molecule is COc1ccccc1N1CCN(CC(C)(O)CC(C)(c2cc(F)ccc2OC)C(F)(F)F)CC1. The molecule has 0 bridgehead atoms. The largest absolute Gasteiger partial charge is 0.496 e. The van der Waals surface area contributed by atoms with Gasteiger partial charge in [0.2, 0.25) is 0 Å². The summed E-state index contributed by atoms with van der Waals surface area (Å²) >= 11 is 0. The molecule has 1 aliphatic heterocycles. The summed E-state index contributed by atoms with van der Waals surface area (Å²) in [5.41, 5.74) is -3.57. The molecular formula is C25H32F4N2O3. The van der Waals surface area contributed by atoms with Crippen molar-refractivity contribution in [2.45, 2.75) is 37.5 Å². The number of rotatable bonds is 8. The zero-order valence-corrected chi connectivity index (χ0v) is 20.0. The van der Waals surface area contributed by atoms with Crippen LogP contribution in [0.2, 0.25) is 0 Å². The summed E-state index contributed by atoms with van der Waals surface area (Å²) in [6.45, 7) is 4.86. The third-order valence-electron chi connectivity index (χ3n) is 6.48. The van der Waals surface area contributed by atoms with E-state index in [1.807, 2.05) is 29.2 Å². The van der Waals surface area contributed by atoms with Crippen molar-refractivity contribution in [2.24, 2.45) is 0 Å². The molecule has 1 fully saturated rings. The predicted octanol–water partition coefficient (Wildman–Crippen LogP) is 4.63. The van der Waals surface area contributed by atoms with Crippen LogP contribution in [0.1, 0.15) is 25.8 Å². The van der Waals surface area contributed by atoms with E-state index >= 15 is 0 Å². The highest BCUT2D eigenvalue weighted by molar-refractivity contribution is 5.58. The van der Waals surface area contributed by atoms with Gasteiger partial charge in [0, 0.05) is 38.3 Å². The number of ether oxygens (including phenoxy) is 2. The van der Waals surface area contributed by atoms with Crippen LogP contribution < -0.4 is 14.4 Å². The zero-order valence-electron chi connectivity index (χ0n) is 20.0. The Hall–Kier alpha value is -2.52. The molecule has 0 aromatic heterocycles. The Labute approximate surface area is 197 Å². The number of methoxy groups -OCH3 is 2. The van der Waals surface area contributed by atoms with E-state index in [0.29, 0.717) is 26.2 Å². The minimum atomic E-state index is -4.74. The fourth-order valence-corrected chi connectivity index (χ4v) is 4.80. The van der Waals surface area contributed by atoms with Crippen LogP contribution in [-0.2, 0) is 5.41 Å². The fraction of sp³-hybridized carbons (Fsp3) is 0.520. The van der Waals surface area contributed by atoms with Gasteiger partial charge < -0.3 is 19.5 Å². The molecule has 2 aromatic rings. The second kappa shape index (κ2) is 10.00. The molecule has 1 aliphatic rings. The van der Waals surface area contributed by atoms with Crippen LogP contribution in [0, 0.1) is 5.82 Å². The number of aliphatic hydroxyl groups is 1. The van der Waals surface area contributed by atoms with Crippen LogP contribution in [0.25, 0.3) is 0 Å². The first-order chi connectivity index (χ1) is 15.9. The molecule has 9 heteroatoms. The van der Waals surface area contributed by atoms with Crippen molar-refractivity contribution in [3.05, 3.63) is 53.8 Å². The summed E-state index contributed by atoms with van der Waals surface area (Å²) in [7, 11) is 2.85. The Morgan fingerprint density at radius 2 is 1.53 bits per heavy atom. The highest BCUT2D eigenvalue weighted by atomic mass is 19.4. The molecule has 1 N–H and O–H groups in total. The summed E-state index contributed by atoms with van der Waals surface area (Å²) in [5, 5.41) is 11.1. The molecule has 1 saturated heterocycles. The van der Waals surface area contributed by atoms with Crippen molar-refractivity contribution < 1.29 is 32.1 Å². The molecule has 0 amide bonds. The lowest BCUT2D eigenvalue weighted by Crippen LogP contribution is -2.54. The number of piperazine rings is 1. The average Bonchev–Trinajstić information content (AvgIpc) is 2.78. The lowest BCUT2D eigenvalue weighted by atomic mass is 9.73. The van der Waals surface area contributed by atoms with E-state index in [0.717, 1.165) is 30.5 Å². The molecule has 34 heavy (non-hydrogen) atoms. The van der Waals surface area contributed by atoms with Gasteiger partial charge in [-0.3, -0.25) is 4.90 Å². The van der Waals surface area contributed by atoms with Crippen LogP contribution in [0.15, 0.2) is 42.5 Å². The van der Waals surface area contributed by atoms with E-state index in [-0.39, 0.29) is 17.9 Å². The molecule has 0 saturated carbocycles. The van der Waals surface area contributed by atoms with Gasteiger partial charge in [-0.2, -0.15) is 13.2 Å². The third kappa shape index (κ3) is 5.58. The van der Waals surface area contributed by atoms with E-state index < -0.39 is 29.4 Å². The second-order valence-electron chi connectivity index (χ2n) is 9.28. The van der Waals surface area contributed by atoms with Gasteiger partial charge in [-0.05, 0) is 50.6 Å². The van der Waals surface area contributed by atoms with E-state index in [1.165, 1.54) is 20.1 Å². The van der Waals surface area contributed by atoms with Gasteiger partial charge in [0.15, 0.2) is 0 Å². The molecule has 5 nitrogen and oxygen atoms in total. The number of alkyl halides is 3. The first kappa shape index (κ1) is 26.1. The zero-order chi connectivity index (χ0) is 25.1. The maximum absolute atomic E-state index is 14.3. The van der Waals surface area contributed by atoms with Crippen LogP contribution in [0.4, 0.5) is 23.2 Å². The van der Waals surface area contributed by atoms with Gasteiger partial charge in [-0.1, -0.05) is 12.1 Å². The van der Waals surface area contributed by atoms with E-state index in [2.05, 4.69) is 4.90 Å². The van der Waals surface area contributed by atoms with Crippen LogP contribution >= 0.6 is 0 Å². The van der Waals surface area contributed by atoms with E-state index in [9.17, 15) is 22.7 Å². The van der Waals surface area contributed by atoms with Gasteiger partial charge in [0.25, 0.3) is 0 Å². The predicted molar refractivity (Wildman–Crippen MR) is 123 cm³/mol. The fourth-order valence-electron chi connectivity index (χ4n) is 4.80. The molecular weight excluding hydrogens is 452 g/mol. The number of benzene rings is 2. The summed E-state index contributed by atoms with van der Waals surface area (Å²) in [5.74, 6) is -0.103. The van der Waals surface area contributed by atoms with Crippen molar-refractivity contribution in [3.8, 4) is 11.5 Å². The van der Waals surface area contributed by atoms with Crippen molar-refractivity contribution in [1.82, 2.24) is 4.90 Å². The Morgan fingerprint density at radius 1 is 0.912 bits per heavy atom. The van der Waals surface area contributed by atoms with Gasteiger partial charge in [0.1, 0.15) is 17.3 Å². The van der Waals surface area contributed by atoms with Crippen LogP contribution in [0.3, 0.4) is 0 Å². The van der Waals surface area contributed by atoms with E-state index in [4.69, 9.17) is 9.47 Å². The van der Waals surface area contributed by atoms with E-state index in [1.54, 1.807) is 7.11 Å². The molecule has 0 aliphatic carbocycles. The number of hydrogen-bond donors (Lipinski definition) is 1. The summed E-state index contributed by atoms with van der Waals surface area (Å²) in [6, 6.07) is 10.7. The standard InChI is InChI=1S/C25H32F4N2O3/c1-23(32,16-24(2,25(27,28)29)19-15-18(26)9-10-21(19)33-3)17-30-11-13-31(14-12-30)20-7-5-6-8-22(20)34-4/h5-10,15,32H,11-14,16-17H2,1-4H3. The minimum Gasteiger partial charge on any atom is -0.496 e. The van der Waals surface area contributed by atoms with Gasteiger partial charge in [-0.15, -0.1) is 0 Å². The number of halogens is 4. The summed E-state index contributed by atoms with van der Waals surface area (Å²) < 4.78 is 67.5. The molecule has 0 spiro atoms. The molecule has 2 unspecified atom stereocenters. The maximum atomic E-state index is 14.3. The first-order valence-electron chi connectivity index (χ1n) is 11.1. The quantitative estimate of drug-likeness (QED) is 0.554. The Kier molecular flexibility index (Phi) is 7.67. The smallest absolute Gasteiger partial charge is 0.398 e.